The first kappa shape index (κ1) is 27.0. The van der Waals surface area contributed by atoms with Gasteiger partial charge in [0.1, 0.15) is 10.6 Å². The fourth-order valence-corrected chi connectivity index (χ4v) is 3.72. The van der Waals surface area contributed by atoms with Crippen LogP contribution in [0.25, 0.3) is 0 Å². The molecular formula is C25H30N2O6S. The van der Waals surface area contributed by atoms with Gasteiger partial charge in [-0.2, -0.15) is 8.42 Å². The third-order valence-corrected chi connectivity index (χ3v) is 5.97. The van der Waals surface area contributed by atoms with Gasteiger partial charge in [-0.25, -0.2) is 0 Å². The molecule has 182 valence electrons. The van der Waals surface area contributed by atoms with Crippen molar-refractivity contribution in [2.75, 3.05) is 19.7 Å². The lowest BCUT2D eigenvalue weighted by Crippen LogP contribution is -2.23. The number of para-hydroxylation sites is 1. The van der Waals surface area contributed by atoms with Gasteiger partial charge in [-0.05, 0) is 42.4 Å². The third-order valence-electron chi connectivity index (χ3n) is 5.12. The molecule has 0 aliphatic rings. The molecule has 0 saturated heterocycles. The van der Waals surface area contributed by atoms with E-state index in [-0.39, 0.29) is 5.69 Å². The van der Waals surface area contributed by atoms with Crippen LogP contribution in [0.1, 0.15) is 25.0 Å². The number of benzene rings is 3. The smallest absolute Gasteiger partial charge is 0.294 e. The second kappa shape index (κ2) is 13.4. The van der Waals surface area contributed by atoms with Gasteiger partial charge in [0.05, 0.1) is 11.5 Å². The first-order valence-corrected chi connectivity index (χ1v) is 12.4. The average molecular weight is 487 g/mol. The number of ether oxygens (including phenoxy) is 1. The normalized spacial score (nSPS) is 10.9. The topological polar surface area (TPSA) is 110 Å². The largest absolute Gasteiger partial charge is 0.493 e. The third kappa shape index (κ3) is 8.93. The zero-order chi connectivity index (χ0) is 25.0. The Bertz CT molecular complexity index is 1150. The summed E-state index contributed by atoms with van der Waals surface area (Å²) in [5, 5.41) is 10.2. The van der Waals surface area contributed by atoms with Gasteiger partial charge in [0.2, 0.25) is 0 Å². The Morgan fingerprint density at radius 2 is 1.53 bits per heavy atom. The molecule has 34 heavy (non-hydrogen) atoms. The first-order chi connectivity index (χ1) is 16.2. The number of nitrogens with zero attached hydrogens (tertiary/aromatic N) is 2. The van der Waals surface area contributed by atoms with Gasteiger partial charge in [0, 0.05) is 25.1 Å². The van der Waals surface area contributed by atoms with E-state index in [4.69, 9.17) is 9.29 Å². The number of hydrogen-bond acceptors (Lipinski definition) is 6. The van der Waals surface area contributed by atoms with Crippen LogP contribution < -0.4 is 4.74 Å². The van der Waals surface area contributed by atoms with Gasteiger partial charge in [0.15, 0.2) is 0 Å². The lowest BCUT2D eigenvalue weighted by molar-refractivity contribution is -0.385. The Hall–Kier alpha value is -3.27. The lowest BCUT2D eigenvalue weighted by atomic mass is 10.0. The van der Waals surface area contributed by atoms with Gasteiger partial charge in [-0.15, -0.1) is 0 Å². The summed E-state index contributed by atoms with van der Waals surface area (Å²) in [5.41, 5.74) is 2.42. The molecule has 0 aliphatic carbocycles. The van der Waals surface area contributed by atoms with E-state index in [0.29, 0.717) is 0 Å². The number of nitro benzene ring substituents is 1. The van der Waals surface area contributed by atoms with E-state index in [1.165, 1.54) is 17.2 Å². The van der Waals surface area contributed by atoms with Crippen LogP contribution in [0.3, 0.4) is 0 Å². The fraction of sp³-hybridized carbons (Fsp3) is 0.280. The standard InChI is InChI=1S/C19H25NO.C6H5NO5S/c1-3-20(4-2)16-18-11-9-8-10-17(18)14-15-21-19-12-6-5-7-13-19;8-7(9)5-2-1-3-6(4-5)13(10,11)12/h5-13H,3-4,14-16H2,1-2H3;1-4H,(H,10,11,12). The highest BCUT2D eigenvalue weighted by molar-refractivity contribution is 7.85. The highest BCUT2D eigenvalue weighted by Crippen LogP contribution is 2.17. The van der Waals surface area contributed by atoms with Crippen molar-refractivity contribution < 1.29 is 22.6 Å². The highest BCUT2D eigenvalue weighted by atomic mass is 32.2. The molecule has 0 unspecified atom stereocenters. The summed E-state index contributed by atoms with van der Waals surface area (Å²) in [6.45, 7) is 8.35. The van der Waals surface area contributed by atoms with Crippen LogP contribution in [0.2, 0.25) is 0 Å². The van der Waals surface area contributed by atoms with E-state index in [2.05, 4.69) is 43.0 Å². The van der Waals surface area contributed by atoms with Crippen LogP contribution in [-0.2, 0) is 23.1 Å². The minimum absolute atomic E-state index is 0.380. The van der Waals surface area contributed by atoms with Gasteiger partial charge in [-0.3, -0.25) is 19.6 Å². The minimum Gasteiger partial charge on any atom is -0.493 e. The molecule has 3 rings (SSSR count). The van der Waals surface area contributed by atoms with Gasteiger partial charge in [-0.1, -0.05) is 62.4 Å². The summed E-state index contributed by atoms with van der Waals surface area (Å²) in [5.74, 6) is 0.943. The van der Waals surface area contributed by atoms with Crippen molar-refractivity contribution in [3.8, 4) is 5.75 Å². The first-order valence-electron chi connectivity index (χ1n) is 10.9. The SMILES string of the molecule is CCN(CC)Cc1ccccc1CCOc1ccccc1.O=[N+]([O-])c1cccc(S(=O)(=O)O)c1. The Morgan fingerprint density at radius 3 is 2.12 bits per heavy atom. The molecule has 0 radical (unpaired) electrons. The fourth-order valence-electron chi connectivity index (χ4n) is 3.20. The van der Waals surface area contributed by atoms with Crippen molar-refractivity contribution in [3.63, 3.8) is 0 Å². The van der Waals surface area contributed by atoms with Crippen LogP contribution in [0.15, 0.2) is 83.8 Å². The average Bonchev–Trinajstić information content (AvgIpc) is 2.84. The summed E-state index contributed by atoms with van der Waals surface area (Å²) >= 11 is 0. The Morgan fingerprint density at radius 1 is 0.912 bits per heavy atom. The molecule has 0 aliphatic heterocycles. The zero-order valence-electron chi connectivity index (χ0n) is 19.3. The van der Waals surface area contributed by atoms with Crippen molar-refractivity contribution in [3.05, 3.63) is 100 Å². The van der Waals surface area contributed by atoms with E-state index in [0.717, 1.165) is 56.6 Å². The molecule has 3 aromatic rings. The summed E-state index contributed by atoms with van der Waals surface area (Å²) in [6.07, 6.45) is 0.951. The summed E-state index contributed by atoms with van der Waals surface area (Å²) in [7, 11) is -4.36. The second-order valence-electron chi connectivity index (χ2n) is 7.37. The van der Waals surface area contributed by atoms with Crippen molar-refractivity contribution in [2.24, 2.45) is 0 Å². The van der Waals surface area contributed by atoms with Gasteiger partial charge in [0.25, 0.3) is 15.8 Å². The molecule has 0 spiro atoms. The van der Waals surface area contributed by atoms with Crippen molar-refractivity contribution in [1.82, 2.24) is 4.90 Å². The molecule has 1 N–H and O–H groups in total. The maximum Gasteiger partial charge on any atom is 0.294 e. The predicted octanol–water partition coefficient (Wildman–Crippen LogP) is 4.99. The van der Waals surface area contributed by atoms with Crippen LogP contribution in [-0.4, -0.2) is 42.5 Å². The van der Waals surface area contributed by atoms with E-state index >= 15 is 0 Å². The molecule has 0 fully saturated rings. The summed E-state index contributed by atoms with van der Waals surface area (Å²) in [4.78, 5) is 11.4. The van der Waals surface area contributed by atoms with Crippen LogP contribution in [0.5, 0.6) is 5.75 Å². The number of hydrogen-bond donors (Lipinski definition) is 1. The quantitative estimate of drug-likeness (QED) is 0.244. The maximum atomic E-state index is 10.5. The lowest BCUT2D eigenvalue weighted by Gasteiger charge is -2.20. The van der Waals surface area contributed by atoms with Crippen LogP contribution in [0.4, 0.5) is 5.69 Å². The number of nitro groups is 1. The van der Waals surface area contributed by atoms with Crippen molar-refractivity contribution >= 4 is 15.8 Å². The van der Waals surface area contributed by atoms with Gasteiger partial charge >= 0.3 is 0 Å². The van der Waals surface area contributed by atoms with Crippen molar-refractivity contribution in [2.45, 2.75) is 31.7 Å². The Labute approximate surface area is 200 Å². The molecule has 0 atom stereocenters. The highest BCUT2D eigenvalue weighted by Gasteiger charge is 2.13. The molecule has 0 saturated carbocycles. The molecule has 9 heteroatoms. The minimum atomic E-state index is -4.36. The zero-order valence-corrected chi connectivity index (χ0v) is 20.1. The molecule has 0 amide bonds. The van der Waals surface area contributed by atoms with E-state index in [1.807, 2.05) is 30.3 Å². The molecular weight excluding hydrogens is 456 g/mol. The molecule has 0 bridgehead atoms. The molecule has 0 heterocycles. The summed E-state index contributed by atoms with van der Waals surface area (Å²) in [6, 6.07) is 22.9. The van der Waals surface area contributed by atoms with Crippen LogP contribution >= 0.6 is 0 Å². The number of non-ortho nitro benzene ring substituents is 1. The van der Waals surface area contributed by atoms with E-state index in [1.54, 1.807) is 0 Å². The molecule has 0 aromatic heterocycles. The van der Waals surface area contributed by atoms with E-state index < -0.39 is 19.9 Å². The molecule has 8 nitrogen and oxygen atoms in total. The van der Waals surface area contributed by atoms with Crippen LogP contribution in [0, 0.1) is 10.1 Å². The maximum absolute atomic E-state index is 10.5. The predicted molar refractivity (Wildman–Crippen MR) is 132 cm³/mol. The van der Waals surface area contributed by atoms with Gasteiger partial charge < -0.3 is 4.74 Å². The van der Waals surface area contributed by atoms with E-state index in [9.17, 15) is 18.5 Å². The Balaban J connectivity index is 0.000000270. The van der Waals surface area contributed by atoms with Crippen molar-refractivity contribution in [1.29, 1.82) is 0 Å². The molecule has 3 aromatic carbocycles. The summed E-state index contributed by atoms with van der Waals surface area (Å²) < 4.78 is 35.4. The monoisotopic (exact) mass is 486 g/mol. The second-order valence-corrected chi connectivity index (χ2v) is 8.79. The number of rotatable bonds is 10. The Kier molecular flexibility index (Phi) is 10.7.